The molecule has 0 bridgehead atoms. The highest BCUT2D eigenvalue weighted by Crippen LogP contribution is 2.29. The number of carbonyl (C=O) groups is 1. The lowest BCUT2D eigenvalue weighted by Crippen LogP contribution is -2.65. The lowest BCUT2D eigenvalue weighted by atomic mass is 9.97. The first-order valence-corrected chi connectivity index (χ1v) is 6.78. The highest BCUT2D eigenvalue weighted by molar-refractivity contribution is 5.73. The molecule has 1 aromatic rings. The van der Waals surface area contributed by atoms with Gasteiger partial charge in [-0.3, -0.25) is 4.79 Å². The van der Waals surface area contributed by atoms with Crippen molar-refractivity contribution < 1.29 is 34.7 Å². The van der Waals surface area contributed by atoms with Crippen molar-refractivity contribution in [3.05, 3.63) is 24.3 Å². The van der Waals surface area contributed by atoms with Gasteiger partial charge in [0.2, 0.25) is 12.2 Å². The third kappa shape index (κ3) is 3.47. The van der Waals surface area contributed by atoms with Crippen LogP contribution in [0.5, 0.6) is 11.5 Å². The van der Waals surface area contributed by atoms with E-state index in [4.69, 9.17) is 9.47 Å². The Morgan fingerprint density at radius 2 is 2.00 bits per heavy atom. The molecule has 5 atom stereocenters. The van der Waals surface area contributed by atoms with E-state index in [1.165, 1.54) is 19.1 Å². The lowest BCUT2D eigenvalue weighted by Gasteiger charge is -2.42. The van der Waals surface area contributed by atoms with Crippen molar-refractivity contribution in [2.24, 2.45) is 0 Å². The highest BCUT2D eigenvalue weighted by atomic mass is 16.7. The Hall–Kier alpha value is -1.87. The predicted octanol–water partition coefficient (Wildman–Crippen LogP) is -1.29. The number of benzene rings is 1. The Morgan fingerprint density at radius 1 is 1.32 bits per heavy atom. The van der Waals surface area contributed by atoms with Crippen molar-refractivity contribution in [3.8, 4) is 11.5 Å². The summed E-state index contributed by atoms with van der Waals surface area (Å²) in [6.07, 6.45) is -5.04. The number of rotatable bonds is 4. The fourth-order valence-corrected chi connectivity index (χ4v) is 2.25. The fraction of sp³-hybridized carbons (Fsp3) is 0.500. The standard InChI is InChI=1S/C14H19NO7/c1-7(17)15-11-13(20)12(19)10(6-16)22-14(11)21-9-5-3-2-4-8(9)18/h2-5,10-14,16,18-20H,6H2,1H3,(H,15,17). The summed E-state index contributed by atoms with van der Waals surface area (Å²) in [5, 5.41) is 41.3. The van der Waals surface area contributed by atoms with E-state index in [1.54, 1.807) is 12.1 Å². The number of aliphatic hydroxyl groups is 3. The molecule has 1 fully saturated rings. The van der Waals surface area contributed by atoms with Gasteiger partial charge in [0.15, 0.2) is 11.5 Å². The van der Waals surface area contributed by atoms with E-state index >= 15 is 0 Å². The second-order valence-electron chi connectivity index (χ2n) is 5.02. The van der Waals surface area contributed by atoms with Crippen LogP contribution in [0.25, 0.3) is 0 Å². The van der Waals surface area contributed by atoms with Gasteiger partial charge in [-0.05, 0) is 12.1 Å². The Balaban J connectivity index is 2.23. The summed E-state index contributed by atoms with van der Waals surface area (Å²) in [6, 6.07) is 5.05. The molecule has 1 aliphatic heterocycles. The van der Waals surface area contributed by atoms with E-state index in [0.717, 1.165) is 0 Å². The molecule has 1 heterocycles. The first-order chi connectivity index (χ1) is 10.4. The van der Waals surface area contributed by atoms with Gasteiger partial charge in [-0.25, -0.2) is 0 Å². The van der Waals surface area contributed by atoms with E-state index in [0.29, 0.717) is 0 Å². The van der Waals surface area contributed by atoms with Crippen molar-refractivity contribution >= 4 is 5.91 Å². The minimum Gasteiger partial charge on any atom is -0.504 e. The first kappa shape index (κ1) is 16.5. The van der Waals surface area contributed by atoms with Gasteiger partial charge in [0, 0.05) is 6.92 Å². The molecule has 1 aromatic carbocycles. The maximum Gasteiger partial charge on any atom is 0.223 e. The topological polar surface area (TPSA) is 128 Å². The Labute approximate surface area is 126 Å². The highest BCUT2D eigenvalue weighted by Gasteiger charge is 2.46. The zero-order valence-corrected chi connectivity index (χ0v) is 11.9. The molecule has 1 amide bonds. The van der Waals surface area contributed by atoms with E-state index in [2.05, 4.69) is 5.32 Å². The number of hydrogen-bond acceptors (Lipinski definition) is 7. The van der Waals surface area contributed by atoms with Crippen molar-refractivity contribution in [1.82, 2.24) is 5.32 Å². The number of ether oxygens (including phenoxy) is 2. The van der Waals surface area contributed by atoms with Crippen LogP contribution >= 0.6 is 0 Å². The van der Waals surface area contributed by atoms with E-state index in [-0.39, 0.29) is 11.5 Å². The Kier molecular flexibility index (Phi) is 5.19. The molecule has 122 valence electrons. The summed E-state index contributed by atoms with van der Waals surface area (Å²) in [7, 11) is 0. The number of amides is 1. The molecule has 1 saturated heterocycles. The average Bonchev–Trinajstić information content (AvgIpc) is 2.48. The first-order valence-electron chi connectivity index (χ1n) is 6.78. The number of aliphatic hydroxyl groups excluding tert-OH is 3. The summed E-state index contributed by atoms with van der Waals surface area (Å²) in [4.78, 5) is 11.3. The Morgan fingerprint density at radius 3 is 2.59 bits per heavy atom. The zero-order chi connectivity index (χ0) is 16.3. The van der Waals surface area contributed by atoms with Crippen LogP contribution in [-0.2, 0) is 9.53 Å². The molecule has 0 aliphatic carbocycles. The van der Waals surface area contributed by atoms with Gasteiger partial charge in [0.1, 0.15) is 24.4 Å². The molecule has 0 aromatic heterocycles. The smallest absolute Gasteiger partial charge is 0.223 e. The number of nitrogens with one attached hydrogen (secondary N) is 1. The minimum absolute atomic E-state index is 0.0862. The SMILES string of the molecule is CC(=O)NC1C(Oc2ccccc2O)OC(CO)C(O)C1O. The van der Waals surface area contributed by atoms with Gasteiger partial charge in [0.25, 0.3) is 0 Å². The Bertz CT molecular complexity index is 524. The molecule has 22 heavy (non-hydrogen) atoms. The molecular weight excluding hydrogens is 294 g/mol. The van der Waals surface area contributed by atoms with E-state index in [9.17, 15) is 25.2 Å². The molecule has 8 nitrogen and oxygen atoms in total. The number of hydrogen-bond donors (Lipinski definition) is 5. The van der Waals surface area contributed by atoms with Crippen LogP contribution in [0.4, 0.5) is 0 Å². The van der Waals surface area contributed by atoms with E-state index < -0.39 is 43.2 Å². The third-order valence-electron chi connectivity index (χ3n) is 3.36. The number of phenolic OH excluding ortho intramolecular Hbond substituents is 1. The van der Waals surface area contributed by atoms with E-state index in [1.807, 2.05) is 0 Å². The quantitative estimate of drug-likeness (QED) is 0.468. The van der Waals surface area contributed by atoms with Gasteiger partial charge in [-0.1, -0.05) is 12.1 Å². The normalized spacial score (nSPS) is 31.5. The van der Waals surface area contributed by atoms with Crippen LogP contribution in [0, 0.1) is 0 Å². The molecule has 8 heteroatoms. The van der Waals surface area contributed by atoms with Crippen molar-refractivity contribution in [1.29, 1.82) is 0 Å². The van der Waals surface area contributed by atoms with Gasteiger partial charge >= 0.3 is 0 Å². The van der Waals surface area contributed by atoms with Gasteiger partial charge < -0.3 is 35.2 Å². The van der Waals surface area contributed by atoms with Crippen LogP contribution < -0.4 is 10.1 Å². The summed E-state index contributed by atoms with van der Waals surface area (Å²) in [5.41, 5.74) is 0. The van der Waals surface area contributed by atoms with Crippen molar-refractivity contribution in [2.45, 2.75) is 37.6 Å². The lowest BCUT2D eigenvalue weighted by molar-refractivity contribution is -0.244. The molecular formula is C14H19NO7. The number of phenols is 1. The van der Waals surface area contributed by atoms with Crippen LogP contribution in [0.15, 0.2) is 24.3 Å². The molecule has 2 rings (SSSR count). The molecule has 1 aliphatic rings. The summed E-state index contributed by atoms with van der Waals surface area (Å²) >= 11 is 0. The molecule has 0 spiro atoms. The molecule has 5 unspecified atom stereocenters. The maximum atomic E-state index is 11.3. The zero-order valence-electron chi connectivity index (χ0n) is 11.9. The predicted molar refractivity (Wildman–Crippen MR) is 74.1 cm³/mol. The molecule has 0 radical (unpaired) electrons. The average molecular weight is 313 g/mol. The number of aromatic hydroxyl groups is 1. The fourth-order valence-electron chi connectivity index (χ4n) is 2.25. The van der Waals surface area contributed by atoms with Crippen LogP contribution in [-0.4, -0.2) is 63.6 Å². The third-order valence-corrected chi connectivity index (χ3v) is 3.36. The second kappa shape index (κ2) is 6.93. The maximum absolute atomic E-state index is 11.3. The molecule has 0 saturated carbocycles. The van der Waals surface area contributed by atoms with Crippen LogP contribution in [0.2, 0.25) is 0 Å². The number of carbonyl (C=O) groups excluding carboxylic acids is 1. The molecule has 5 N–H and O–H groups in total. The monoisotopic (exact) mass is 313 g/mol. The summed E-state index contributed by atoms with van der Waals surface area (Å²) in [5.74, 6) is -0.509. The second-order valence-corrected chi connectivity index (χ2v) is 5.02. The summed E-state index contributed by atoms with van der Waals surface area (Å²) in [6.45, 7) is 0.708. The summed E-state index contributed by atoms with van der Waals surface area (Å²) < 4.78 is 10.9. The van der Waals surface area contributed by atoms with Crippen LogP contribution in [0.1, 0.15) is 6.92 Å². The van der Waals surface area contributed by atoms with Gasteiger partial charge in [-0.15, -0.1) is 0 Å². The minimum atomic E-state index is -1.40. The largest absolute Gasteiger partial charge is 0.504 e. The van der Waals surface area contributed by atoms with Gasteiger partial charge in [0.05, 0.1) is 6.61 Å². The van der Waals surface area contributed by atoms with Crippen LogP contribution in [0.3, 0.4) is 0 Å². The number of para-hydroxylation sites is 2. The van der Waals surface area contributed by atoms with Crippen molar-refractivity contribution in [3.63, 3.8) is 0 Å². The van der Waals surface area contributed by atoms with Gasteiger partial charge in [-0.2, -0.15) is 0 Å². The van der Waals surface area contributed by atoms with Crippen molar-refractivity contribution in [2.75, 3.05) is 6.61 Å².